The van der Waals surface area contributed by atoms with Crippen LogP contribution in [0.5, 0.6) is 0 Å². The van der Waals surface area contributed by atoms with Gasteiger partial charge >= 0.3 is 0 Å². The molecule has 2 rings (SSSR count). The molecule has 1 aliphatic rings. The van der Waals surface area contributed by atoms with E-state index in [0.717, 1.165) is 0 Å². The molecule has 1 N–H and O–H groups in total. The number of hydrogen-bond donors (Lipinski definition) is 1. The molecule has 0 atom stereocenters. The summed E-state index contributed by atoms with van der Waals surface area (Å²) in [5, 5.41) is 2.86. The predicted octanol–water partition coefficient (Wildman–Crippen LogP) is 0.169. The van der Waals surface area contributed by atoms with E-state index in [9.17, 15) is 13.2 Å². The van der Waals surface area contributed by atoms with Crippen LogP contribution in [0, 0.1) is 0 Å². The van der Waals surface area contributed by atoms with Crippen LogP contribution >= 0.6 is 0 Å². The van der Waals surface area contributed by atoms with Crippen LogP contribution in [-0.4, -0.2) is 73.5 Å². The van der Waals surface area contributed by atoms with Gasteiger partial charge in [-0.2, -0.15) is 4.31 Å². The normalized spacial score (nSPS) is 17.1. The minimum absolute atomic E-state index is 0.137. The number of nitrogens with one attached hydrogen (secondary N) is 1. The van der Waals surface area contributed by atoms with E-state index >= 15 is 0 Å². The molecule has 7 nitrogen and oxygen atoms in total. The van der Waals surface area contributed by atoms with Crippen molar-refractivity contribution < 1.29 is 13.2 Å². The van der Waals surface area contributed by atoms with E-state index in [1.54, 1.807) is 22.6 Å². The van der Waals surface area contributed by atoms with Crippen LogP contribution in [0.25, 0.3) is 0 Å². The number of carbonyl (C=O) groups is 1. The Bertz CT molecular complexity index is 598. The molecular formula is C15H24N4O3S. The molecule has 0 aliphatic carbocycles. The fourth-order valence-electron chi connectivity index (χ4n) is 2.55. The predicted molar refractivity (Wildman–Crippen MR) is 88.7 cm³/mol. The first kappa shape index (κ1) is 17.8. The second kappa shape index (κ2) is 8.37. The maximum atomic E-state index is 12.0. The zero-order chi connectivity index (χ0) is 16.7. The SMILES string of the molecule is CCCS(=O)(=O)N1CCN(CCNC(=O)c2cccnc2)CC1. The first-order valence-electron chi connectivity index (χ1n) is 7.91. The van der Waals surface area contributed by atoms with Crippen molar-refractivity contribution in [1.29, 1.82) is 0 Å². The highest BCUT2D eigenvalue weighted by molar-refractivity contribution is 7.89. The zero-order valence-electron chi connectivity index (χ0n) is 13.4. The molecule has 1 aromatic rings. The molecule has 0 unspecified atom stereocenters. The summed E-state index contributed by atoms with van der Waals surface area (Å²) in [5.74, 6) is 0.0796. The van der Waals surface area contributed by atoms with Crippen LogP contribution in [0.2, 0.25) is 0 Å². The van der Waals surface area contributed by atoms with Gasteiger partial charge in [-0.3, -0.25) is 14.7 Å². The number of nitrogens with zero attached hydrogens (tertiary/aromatic N) is 3. The zero-order valence-corrected chi connectivity index (χ0v) is 14.3. The standard InChI is InChI=1S/C15H24N4O3S/c1-2-12-23(21,22)19-10-8-18(9-11-19)7-6-17-15(20)14-4-3-5-16-13-14/h3-5,13H,2,6-12H2,1H3,(H,17,20). The van der Waals surface area contributed by atoms with Gasteiger partial charge in [0.25, 0.3) is 5.91 Å². The Labute approximate surface area is 137 Å². The Kier molecular flexibility index (Phi) is 6.49. The number of hydrogen-bond acceptors (Lipinski definition) is 5. The molecular weight excluding hydrogens is 316 g/mol. The second-order valence-electron chi connectivity index (χ2n) is 5.55. The van der Waals surface area contributed by atoms with E-state index in [1.807, 2.05) is 6.92 Å². The molecule has 0 spiro atoms. The van der Waals surface area contributed by atoms with Crippen molar-refractivity contribution in [3.05, 3.63) is 30.1 Å². The summed E-state index contributed by atoms with van der Waals surface area (Å²) in [7, 11) is -3.10. The number of pyridine rings is 1. The molecule has 0 aromatic carbocycles. The molecule has 23 heavy (non-hydrogen) atoms. The lowest BCUT2D eigenvalue weighted by molar-refractivity contribution is 0.0944. The first-order valence-corrected chi connectivity index (χ1v) is 9.52. The minimum atomic E-state index is -3.10. The molecule has 1 aliphatic heterocycles. The Morgan fingerprint density at radius 3 is 2.65 bits per heavy atom. The highest BCUT2D eigenvalue weighted by atomic mass is 32.2. The van der Waals surface area contributed by atoms with E-state index in [2.05, 4.69) is 15.2 Å². The van der Waals surface area contributed by atoms with Crippen molar-refractivity contribution in [3.8, 4) is 0 Å². The van der Waals surface area contributed by atoms with Crippen LogP contribution in [-0.2, 0) is 10.0 Å². The van der Waals surface area contributed by atoms with E-state index in [0.29, 0.717) is 51.3 Å². The molecule has 1 aromatic heterocycles. The number of sulfonamides is 1. The molecule has 1 fully saturated rings. The number of rotatable bonds is 7. The highest BCUT2D eigenvalue weighted by Crippen LogP contribution is 2.08. The first-order chi connectivity index (χ1) is 11.0. The number of amides is 1. The van der Waals surface area contributed by atoms with E-state index in [4.69, 9.17) is 0 Å². The van der Waals surface area contributed by atoms with Crippen LogP contribution in [0.1, 0.15) is 23.7 Å². The van der Waals surface area contributed by atoms with Gasteiger partial charge in [-0.25, -0.2) is 8.42 Å². The summed E-state index contributed by atoms with van der Waals surface area (Å²) in [6.07, 6.45) is 3.80. The largest absolute Gasteiger partial charge is 0.351 e. The van der Waals surface area contributed by atoms with Gasteiger partial charge in [0.05, 0.1) is 11.3 Å². The summed E-state index contributed by atoms with van der Waals surface area (Å²) >= 11 is 0. The van der Waals surface area contributed by atoms with Gasteiger partial charge in [-0.1, -0.05) is 6.92 Å². The van der Waals surface area contributed by atoms with Gasteiger partial charge in [0.1, 0.15) is 0 Å². The summed E-state index contributed by atoms with van der Waals surface area (Å²) in [6, 6.07) is 3.45. The van der Waals surface area contributed by atoms with E-state index in [1.165, 1.54) is 6.20 Å². The Morgan fingerprint density at radius 2 is 2.04 bits per heavy atom. The van der Waals surface area contributed by atoms with E-state index in [-0.39, 0.29) is 11.7 Å². The molecule has 0 radical (unpaired) electrons. The molecule has 1 amide bonds. The molecule has 1 saturated heterocycles. The topological polar surface area (TPSA) is 82.6 Å². The van der Waals surface area contributed by atoms with Crippen LogP contribution in [0.3, 0.4) is 0 Å². The molecule has 0 saturated carbocycles. The van der Waals surface area contributed by atoms with E-state index < -0.39 is 10.0 Å². The van der Waals surface area contributed by atoms with Crippen molar-refractivity contribution in [3.63, 3.8) is 0 Å². The van der Waals surface area contributed by atoms with Gasteiger partial charge < -0.3 is 5.32 Å². The summed E-state index contributed by atoms with van der Waals surface area (Å²) < 4.78 is 25.6. The number of piperazine rings is 1. The summed E-state index contributed by atoms with van der Waals surface area (Å²) in [4.78, 5) is 18.0. The lowest BCUT2D eigenvalue weighted by atomic mass is 10.2. The van der Waals surface area contributed by atoms with Gasteiger partial charge in [0.2, 0.25) is 10.0 Å². The Hall–Kier alpha value is -1.51. The Balaban J connectivity index is 1.70. The highest BCUT2D eigenvalue weighted by Gasteiger charge is 2.25. The van der Waals surface area contributed by atoms with Crippen molar-refractivity contribution in [1.82, 2.24) is 19.5 Å². The maximum absolute atomic E-state index is 12.0. The fourth-order valence-corrected chi connectivity index (χ4v) is 4.04. The van der Waals surface area contributed by atoms with Crippen LogP contribution < -0.4 is 5.32 Å². The third kappa shape index (κ3) is 5.26. The molecule has 8 heteroatoms. The Morgan fingerprint density at radius 1 is 1.30 bits per heavy atom. The second-order valence-corrected chi connectivity index (χ2v) is 7.64. The third-order valence-electron chi connectivity index (χ3n) is 3.82. The van der Waals surface area contributed by atoms with Gasteiger partial charge in [0.15, 0.2) is 0 Å². The van der Waals surface area contributed by atoms with Crippen molar-refractivity contribution in [2.45, 2.75) is 13.3 Å². The lowest BCUT2D eigenvalue weighted by Gasteiger charge is -2.33. The van der Waals surface area contributed by atoms with Crippen molar-refractivity contribution in [2.24, 2.45) is 0 Å². The number of carbonyl (C=O) groups excluding carboxylic acids is 1. The smallest absolute Gasteiger partial charge is 0.252 e. The molecule has 2 heterocycles. The summed E-state index contributed by atoms with van der Waals surface area (Å²) in [5.41, 5.74) is 0.544. The summed E-state index contributed by atoms with van der Waals surface area (Å²) in [6.45, 7) is 5.58. The minimum Gasteiger partial charge on any atom is -0.351 e. The monoisotopic (exact) mass is 340 g/mol. The fraction of sp³-hybridized carbons (Fsp3) is 0.600. The van der Waals surface area contributed by atoms with Crippen molar-refractivity contribution in [2.75, 3.05) is 45.0 Å². The van der Waals surface area contributed by atoms with Gasteiger partial charge in [-0.15, -0.1) is 0 Å². The average Bonchev–Trinajstić information content (AvgIpc) is 2.56. The van der Waals surface area contributed by atoms with Crippen LogP contribution in [0.4, 0.5) is 0 Å². The molecule has 0 bridgehead atoms. The quantitative estimate of drug-likeness (QED) is 0.765. The molecule has 128 valence electrons. The lowest BCUT2D eigenvalue weighted by Crippen LogP contribution is -2.50. The van der Waals surface area contributed by atoms with Gasteiger partial charge in [0, 0.05) is 51.7 Å². The van der Waals surface area contributed by atoms with Crippen LogP contribution in [0.15, 0.2) is 24.5 Å². The number of aromatic nitrogens is 1. The van der Waals surface area contributed by atoms with Gasteiger partial charge in [-0.05, 0) is 18.6 Å². The third-order valence-corrected chi connectivity index (χ3v) is 5.90. The maximum Gasteiger partial charge on any atom is 0.252 e. The average molecular weight is 340 g/mol. The van der Waals surface area contributed by atoms with Crippen molar-refractivity contribution >= 4 is 15.9 Å².